The lowest BCUT2D eigenvalue weighted by atomic mass is 10.0. The minimum absolute atomic E-state index is 0.0324. The molecule has 2 aromatic carbocycles. The van der Waals surface area contributed by atoms with Gasteiger partial charge < -0.3 is 9.47 Å². The van der Waals surface area contributed by atoms with E-state index >= 15 is 0 Å². The summed E-state index contributed by atoms with van der Waals surface area (Å²) in [5.41, 5.74) is 1.71. The van der Waals surface area contributed by atoms with E-state index in [1.807, 2.05) is 36.4 Å². The Labute approximate surface area is 136 Å². The van der Waals surface area contributed by atoms with Crippen LogP contribution in [0.15, 0.2) is 48.5 Å². The Hall–Kier alpha value is -2.05. The van der Waals surface area contributed by atoms with E-state index < -0.39 is 10.0 Å². The third-order valence-electron chi connectivity index (χ3n) is 3.72. The van der Waals surface area contributed by atoms with Gasteiger partial charge in [-0.3, -0.25) is 0 Å². The van der Waals surface area contributed by atoms with Crippen molar-refractivity contribution in [3.05, 3.63) is 59.7 Å². The van der Waals surface area contributed by atoms with Gasteiger partial charge in [0.2, 0.25) is 10.0 Å². The quantitative estimate of drug-likeness (QED) is 0.910. The van der Waals surface area contributed by atoms with Crippen LogP contribution in [0.2, 0.25) is 0 Å². The van der Waals surface area contributed by atoms with E-state index in [0.717, 1.165) is 22.6 Å². The van der Waals surface area contributed by atoms with E-state index in [0.29, 0.717) is 13.0 Å². The van der Waals surface area contributed by atoms with Crippen molar-refractivity contribution < 1.29 is 17.9 Å². The van der Waals surface area contributed by atoms with Crippen molar-refractivity contribution in [3.63, 3.8) is 0 Å². The second kappa shape index (κ2) is 6.60. The third-order valence-corrected chi connectivity index (χ3v) is 5.13. The van der Waals surface area contributed by atoms with Crippen molar-refractivity contribution in [2.24, 2.45) is 0 Å². The van der Waals surface area contributed by atoms with E-state index in [2.05, 4.69) is 4.72 Å². The molecule has 23 heavy (non-hydrogen) atoms. The third kappa shape index (κ3) is 4.03. The van der Waals surface area contributed by atoms with Crippen molar-refractivity contribution in [2.45, 2.75) is 18.2 Å². The monoisotopic (exact) mass is 333 g/mol. The fourth-order valence-electron chi connectivity index (χ4n) is 2.66. The van der Waals surface area contributed by atoms with Gasteiger partial charge in [-0.05, 0) is 35.7 Å². The maximum absolute atomic E-state index is 12.3. The summed E-state index contributed by atoms with van der Waals surface area (Å²) in [5.74, 6) is 1.49. The number of hydrogen-bond acceptors (Lipinski definition) is 4. The summed E-state index contributed by atoms with van der Waals surface area (Å²) in [6.07, 6.45) is 0.584. The smallest absolute Gasteiger partial charge is 0.216 e. The molecule has 6 heteroatoms. The first-order chi connectivity index (χ1) is 11.1. The molecule has 0 unspecified atom stereocenters. The average Bonchev–Trinajstić information content (AvgIpc) is 2.54. The van der Waals surface area contributed by atoms with Gasteiger partial charge in [0.1, 0.15) is 18.1 Å². The van der Waals surface area contributed by atoms with Crippen molar-refractivity contribution in [3.8, 4) is 11.5 Å². The Bertz CT molecular complexity index is 774. The number of benzene rings is 2. The first-order valence-corrected chi connectivity index (χ1v) is 9.04. The lowest BCUT2D eigenvalue weighted by Crippen LogP contribution is -2.43. The largest absolute Gasteiger partial charge is 0.497 e. The Morgan fingerprint density at radius 3 is 2.74 bits per heavy atom. The summed E-state index contributed by atoms with van der Waals surface area (Å²) >= 11 is 0. The fraction of sp³-hybridized carbons (Fsp3) is 0.294. The molecule has 3 rings (SSSR count). The molecule has 0 aromatic heterocycles. The van der Waals surface area contributed by atoms with Crippen LogP contribution >= 0.6 is 0 Å². The molecule has 0 aliphatic carbocycles. The molecule has 1 heterocycles. The molecule has 0 amide bonds. The van der Waals surface area contributed by atoms with Gasteiger partial charge in [0, 0.05) is 0 Å². The summed E-state index contributed by atoms with van der Waals surface area (Å²) in [5, 5.41) is 0. The minimum atomic E-state index is -3.41. The summed E-state index contributed by atoms with van der Waals surface area (Å²) in [7, 11) is -1.81. The zero-order valence-electron chi connectivity index (χ0n) is 12.9. The number of sulfonamides is 1. The molecule has 1 atom stereocenters. The first-order valence-electron chi connectivity index (χ1n) is 7.39. The Morgan fingerprint density at radius 2 is 2.00 bits per heavy atom. The molecule has 0 bridgehead atoms. The van der Waals surface area contributed by atoms with Gasteiger partial charge in [-0.1, -0.05) is 30.3 Å². The topological polar surface area (TPSA) is 64.6 Å². The summed E-state index contributed by atoms with van der Waals surface area (Å²) < 4.78 is 38.2. The van der Waals surface area contributed by atoms with Gasteiger partial charge in [-0.25, -0.2) is 13.1 Å². The zero-order chi connectivity index (χ0) is 16.3. The molecule has 1 aliphatic heterocycles. The lowest BCUT2D eigenvalue weighted by Gasteiger charge is -2.26. The number of methoxy groups -OCH3 is 1. The number of hydrogen-bond donors (Lipinski definition) is 1. The normalized spacial score (nSPS) is 17.2. The van der Waals surface area contributed by atoms with E-state index in [9.17, 15) is 8.42 Å². The highest BCUT2D eigenvalue weighted by atomic mass is 32.2. The Balaban J connectivity index is 1.69. The number of ether oxygens (including phenoxy) is 2. The Morgan fingerprint density at radius 1 is 1.22 bits per heavy atom. The summed E-state index contributed by atoms with van der Waals surface area (Å²) in [6, 6.07) is 14.4. The molecule has 0 radical (unpaired) electrons. The van der Waals surface area contributed by atoms with E-state index in [4.69, 9.17) is 9.47 Å². The summed E-state index contributed by atoms with van der Waals surface area (Å²) in [6.45, 7) is 0.327. The van der Waals surface area contributed by atoms with Crippen molar-refractivity contribution in [1.29, 1.82) is 0 Å². The Kier molecular flexibility index (Phi) is 4.54. The predicted octanol–water partition coefficient (Wildman–Crippen LogP) is 2.12. The van der Waals surface area contributed by atoms with Crippen molar-refractivity contribution in [2.75, 3.05) is 13.7 Å². The highest BCUT2D eigenvalue weighted by Crippen LogP contribution is 2.28. The second-order valence-corrected chi connectivity index (χ2v) is 7.30. The SMILES string of the molecule is COc1ccc2c(c1)C[C@H](NS(=O)(=O)Cc1ccccc1)CO2. The van der Waals surface area contributed by atoms with Gasteiger partial charge in [0.25, 0.3) is 0 Å². The predicted molar refractivity (Wildman–Crippen MR) is 88.2 cm³/mol. The van der Waals surface area contributed by atoms with Crippen LogP contribution in [0.3, 0.4) is 0 Å². The van der Waals surface area contributed by atoms with Gasteiger partial charge in [-0.2, -0.15) is 0 Å². The molecule has 2 aromatic rings. The van der Waals surface area contributed by atoms with Crippen LogP contribution in [-0.2, 0) is 22.2 Å². The maximum Gasteiger partial charge on any atom is 0.216 e. The van der Waals surface area contributed by atoms with E-state index in [1.165, 1.54) is 0 Å². The van der Waals surface area contributed by atoms with Crippen LogP contribution in [0.5, 0.6) is 11.5 Å². The molecule has 122 valence electrons. The molecule has 0 saturated carbocycles. The van der Waals surface area contributed by atoms with Crippen molar-refractivity contribution in [1.82, 2.24) is 4.72 Å². The standard InChI is InChI=1S/C17H19NO4S/c1-21-16-7-8-17-14(10-16)9-15(11-22-17)18-23(19,20)12-13-5-3-2-4-6-13/h2-8,10,15,18H,9,11-12H2,1H3/t15-/m0/s1. The van der Waals surface area contributed by atoms with Gasteiger partial charge >= 0.3 is 0 Å². The first kappa shape index (κ1) is 15.8. The maximum atomic E-state index is 12.3. The van der Waals surface area contributed by atoms with Crippen molar-refractivity contribution >= 4 is 10.0 Å². The molecule has 1 aliphatic rings. The molecule has 0 fully saturated rings. The highest BCUT2D eigenvalue weighted by Gasteiger charge is 2.24. The van der Waals surface area contributed by atoms with Crippen LogP contribution in [0, 0.1) is 0 Å². The average molecular weight is 333 g/mol. The van der Waals surface area contributed by atoms with Gasteiger partial charge in [0.15, 0.2) is 0 Å². The highest BCUT2D eigenvalue weighted by molar-refractivity contribution is 7.88. The fourth-order valence-corrected chi connectivity index (χ4v) is 4.04. The summed E-state index contributed by atoms with van der Waals surface area (Å²) in [4.78, 5) is 0. The minimum Gasteiger partial charge on any atom is -0.497 e. The van der Waals surface area contributed by atoms with Crippen LogP contribution in [-0.4, -0.2) is 28.2 Å². The molecular formula is C17H19NO4S. The van der Waals surface area contributed by atoms with Gasteiger partial charge in [-0.15, -0.1) is 0 Å². The lowest BCUT2D eigenvalue weighted by molar-refractivity contribution is 0.253. The molecular weight excluding hydrogens is 314 g/mol. The van der Waals surface area contributed by atoms with Crippen LogP contribution in [0.25, 0.3) is 0 Å². The van der Waals surface area contributed by atoms with Crippen LogP contribution < -0.4 is 14.2 Å². The molecule has 1 N–H and O–H groups in total. The van der Waals surface area contributed by atoms with E-state index in [1.54, 1.807) is 19.2 Å². The zero-order valence-corrected chi connectivity index (χ0v) is 13.7. The van der Waals surface area contributed by atoms with Crippen LogP contribution in [0.1, 0.15) is 11.1 Å². The van der Waals surface area contributed by atoms with Crippen LogP contribution in [0.4, 0.5) is 0 Å². The molecule has 0 spiro atoms. The second-order valence-electron chi connectivity index (χ2n) is 5.55. The number of fused-ring (bicyclic) bond motifs is 1. The number of rotatable bonds is 5. The molecule has 5 nitrogen and oxygen atoms in total. The molecule has 0 saturated heterocycles. The van der Waals surface area contributed by atoms with E-state index in [-0.39, 0.29) is 11.8 Å². The van der Waals surface area contributed by atoms with Gasteiger partial charge in [0.05, 0.1) is 18.9 Å². The number of nitrogens with one attached hydrogen (secondary N) is 1.